The Bertz CT molecular complexity index is 753. The van der Waals surface area contributed by atoms with Gasteiger partial charge in [0.2, 0.25) is 0 Å². The van der Waals surface area contributed by atoms with E-state index >= 15 is 0 Å². The molecule has 0 aliphatic heterocycles. The summed E-state index contributed by atoms with van der Waals surface area (Å²) < 4.78 is 23.5. The van der Waals surface area contributed by atoms with E-state index in [1.165, 1.54) is 12.1 Å². The number of hydrogen-bond acceptors (Lipinski definition) is 3. The van der Waals surface area contributed by atoms with Crippen molar-refractivity contribution in [3.8, 4) is 0 Å². The summed E-state index contributed by atoms with van der Waals surface area (Å²) in [6.45, 7) is 4.17. The van der Waals surface area contributed by atoms with Crippen molar-refractivity contribution in [1.29, 1.82) is 0 Å². The Hall–Kier alpha value is -2.14. The van der Waals surface area contributed by atoms with Crippen molar-refractivity contribution in [2.45, 2.75) is 24.7 Å². The molecule has 0 aliphatic carbocycles. The minimum absolute atomic E-state index is 0.0487. The zero-order valence-corrected chi connectivity index (χ0v) is 14.1. The molecule has 0 aliphatic rings. The lowest BCUT2D eigenvalue weighted by atomic mass is 10.0. The Morgan fingerprint density at radius 1 is 1.04 bits per heavy atom. The van der Waals surface area contributed by atoms with Crippen LogP contribution in [0.5, 0.6) is 0 Å². The molecule has 0 aromatic heterocycles. The van der Waals surface area contributed by atoms with Crippen molar-refractivity contribution in [3.63, 3.8) is 0 Å². The van der Waals surface area contributed by atoms with Crippen LogP contribution in [0.15, 0.2) is 59.5 Å². The van der Waals surface area contributed by atoms with Gasteiger partial charge in [0.05, 0.1) is 10.6 Å². The first kappa shape index (κ1) is 17.2. The van der Waals surface area contributed by atoms with Crippen LogP contribution in [0.1, 0.15) is 35.7 Å². The monoisotopic (exact) mass is 331 g/mol. The minimum Gasteiger partial charge on any atom is -0.351 e. The highest BCUT2D eigenvalue weighted by molar-refractivity contribution is 7.91. The van der Waals surface area contributed by atoms with Gasteiger partial charge in [-0.05, 0) is 35.7 Å². The Balaban J connectivity index is 1.99. The van der Waals surface area contributed by atoms with Gasteiger partial charge in [0, 0.05) is 12.1 Å². The molecule has 2 rings (SSSR count). The standard InChI is InChI=1S/C18H21NO3S/c1-3-23(21,22)17-11-9-16(10-12-17)18(20)19-13-14(2)15-7-5-4-6-8-15/h4-12,14H,3,13H2,1-2H3,(H,19,20). The van der Waals surface area contributed by atoms with Crippen LogP contribution >= 0.6 is 0 Å². The number of carbonyl (C=O) groups excluding carboxylic acids is 1. The van der Waals surface area contributed by atoms with E-state index < -0.39 is 9.84 Å². The summed E-state index contributed by atoms with van der Waals surface area (Å²) in [7, 11) is -3.23. The summed E-state index contributed by atoms with van der Waals surface area (Å²) in [6, 6.07) is 16.0. The van der Waals surface area contributed by atoms with Crippen LogP contribution < -0.4 is 5.32 Å². The molecule has 122 valence electrons. The number of rotatable bonds is 6. The number of benzene rings is 2. The third kappa shape index (κ3) is 4.42. The molecule has 1 atom stereocenters. The number of sulfone groups is 1. The topological polar surface area (TPSA) is 63.2 Å². The summed E-state index contributed by atoms with van der Waals surface area (Å²) in [5.74, 6) is 0.0563. The Labute approximate surface area is 137 Å². The molecule has 0 spiro atoms. The van der Waals surface area contributed by atoms with Gasteiger partial charge in [-0.15, -0.1) is 0 Å². The van der Waals surface area contributed by atoms with Gasteiger partial charge in [-0.3, -0.25) is 4.79 Å². The van der Waals surface area contributed by atoms with Crippen LogP contribution in [0.25, 0.3) is 0 Å². The van der Waals surface area contributed by atoms with Crippen LogP contribution in [0.3, 0.4) is 0 Å². The fourth-order valence-electron chi connectivity index (χ4n) is 2.23. The van der Waals surface area contributed by atoms with E-state index in [0.717, 1.165) is 5.56 Å². The molecule has 0 heterocycles. The van der Waals surface area contributed by atoms with Gasteiger partial charge in [-0.1, -0.05) is 44.2 Å². The molecule has 1 unspecified atom stereocenters. The highest BCUT2D eigenvalue weighted by Gasteiger charge is 2.13. The Kier molecular flexibility index (Phi) is 5.55. The Morgan fingerprint density at radius 3 is 2.22 bits per heavy atom. The second-order valence-electron chi connectivity index (χ2n) is 5.45. The lowest BCUT2D eigenvalue weighted by Gasteiger charge is -2.13. The van der Waals surface area contributed by atoms with Gasteiger partial charge in [0.25, 0.3) is 5.91 Å². The van der Waals surface area contributed by atoms with E-state index in [9.17, 15) is 13.2 Å². The summed E-state index contributed by atoms with van der Waals surface area (Å²) in [5.41, 5.74) is 1.62. The zero-order valence-electron chi connectivity index (χ0n) is 13.3. The van der Waals surface area contributed by atoms with Crippen molar-refractivity contribution in [2.75, 3.05) is 12.3 Å². The molecular formula is C18H21NO3S. The highest BCUT2D eigenvalue weighted by atomic mass is 32.2. The molecule has 0 saturated heterocycles. The van der Waals surface area contributed by atoms with Gasteiger partial charge in [-0.2, -0.15) is 0 Å². The lowest BCUT2D eigenvalue weighted by Crippen LogP contribution is -2.27. The van der Waals surface area contributed by atoms with Crippen molar-refractivity contribution < 1.29 is 13.2 Å². The second-order valence-corrected chi connectivity index (χ2v) is 7.73. The summed E-state index contributed by atoms with van der Waals surface area (Å²) in [4.78, 5) is 12.4. The van der Waals surface area contributed by atoms with Gasteiger partial charge in [0.1, 0.15) is 0 Å². The molecule has 0 radical (unpaired) electrons. The molecule has 1 N–H and O–H groups in total. The van der Waals surface area contributed by atoms with Gasteiger partial charge >= 0.3 is 0 Å². The van der Waals surface area contributed by atoms with Crippen LogP contribution in [-0.4, -0.2) is 26.6 Å². The minimum atomic E-state index is -3.23. The van der Waals surface area contributed by atoms with E-state index in [2.05, 4.69) is 5.32 Å². The summed E-state index contributed by atoms with van der Waals surface area (Å²) >= 11 is 0. The number of nitrogens with one attached hydrogen (secondary N) is 1. The summed E-state index contributed by atoms with van der Waals surface area (Å²) in [6.07, 6.45) is 0. The van der Waals surface area contributed by atoms with E-state index in [-0.39, 0.29) is 22.5 Å². The predicted molar refractivity (Wildman–Crippen MR) is 91.4 cm³/mol. The van der Waals surface area contributed by atoms with Gasteiger partial charge in [0.15, 0.2) is 9.84 Å². The average Bonchev–Trinajstić information content (AvgIpc) is 2.60. The SMILES string of the molecule is CCS(=O)(=O)c1ccc(C(=O)NCC(C)c2ccccc2)cc1. The smallest absolute Gasteiger partial charge is 0.251 e. The molecule has 4 nitrogen and oxygen atoms in total. The van der Waals surface area contributed by atoms with E-state index in [0.29, 0.717) is 12.1 Å². The quantitative estimate of drug-likeness (QED) is 0.885. The first-order valence-corrected chi connectivity index (χ1v) is 9.25. The van der Waals surface area contributed by atoms with Crippen LogP contribution in [-0.2, 0) is 9.84 Å². The summed E-state index contributed by atoms with van der Waals surface area (Å²) in [5, 5.41) is 2.88. The highest BCUT2D eigenvalue weighted by Crippen LogP contribution is 2.14. The normalized spacial score (nSPS) is 12.6. The first-order valence-electron chi connectivity index (χ1n) is 7.60. The third-order valence-electron chi connectivity index (χ3n) is 3.79. The van der Waals surface area contributed by atoms with Crippen molar-refractivity contribution in [3.05, 3.63) is 65.7 Å². The van der Waals surface area contributed by atoms with Crippen molar-refractivity contribution in [2.24, 2.45) is 0 Å². The number of amides is 1. The number of hydrogen-bond donors (Lipinski definition) is 1. The van der Waals surface area contributed by atoms with Gasteiger partial charge in [-0.25, -0.2) is 8.42 Å². The molecule has 1 amide bonds. The van der Waals surface area contributed by atoms with Crippen LogP contribution in [0.2, 0.25) is 0 Å². The molecular weight excluding hydrogens is 310 g/mol. The molecule has 2 aromatic carbocycles. The molecule has 5 heteroatoms. The fourth-order valence-corrected chi connectivity index (χ4v) is 3.11. The van der Waals surface area contributed by atoms with Crippen LogP contribution in [0, 0.1) is 0 Å². The zero-order chi connectivity index (χ0) is 16.9. The van der Waals surface area contributed by atoms with Crippen LogP contribution in [0.4, 0.5) is 0 Å². The molecule has 0 saturated carbocycles. The Morgan fingerprint density at radius 2 is 1.65 bits per heavy atom. The maximum Gasteiger partial charge on any atom is 0.251 e. The predicted octanol–water partition coefficient (Wildman–Crippen LogP) is 3.01. The van der Waals surface area contributed by atoms with E-state index in [1.54, 1.807) is 19.1 Å². The number of carbonyl (C=O) groups is 1. The molecule has 23 heavy (non-hydrogen) atoms. The average molecular weight is 331 g/mol. The lowest BCUT2D eigenvalue weighted by molar-refractivity contribution is 0.0951. The maximum absolute atomic E-state index is 12.2. The first-order chi connectivity index (χ1) is 10.9. The molecule has 0 fully saturated rings. The van der Waals surface area contributed by atoms with Gasteiger partial charge < -0.3 is 5.32 Å². The van der Waals surface area contributed by atoms with E-state index in [1.807, 2.05) is 37.3 Å². The largest absolute Gasteiger partial charge is 0.351 e. The molecule has 0 bridgehead atoms. The maximum atomic E-state index is 12.2. The molecule has 2 aromatic rings. The van der Waals surface area contributed by atoms with Crippen molar-refractivity contribution in [1.82, 2.24) is 5.32 Å². The van der Waals surface area contributed by atoms with Crippen molar-refractivity contribution >= 4 is 15.7 Å². The van der Waals surface area contributed by atoms with E-state index in [4.69, 9.17) is 0 Å². The third-order valence-corrected chi connectivity index (χ3v) is 5.54. The fraction of sp³-hybridized carbons (Fsp3) is 0.278. The second kappa shape index (κ2) is 7.42.